The molecule has 0 bridgehead atoms. The van der Waals surface area contributed by atoms with Gasteiger partial charge in [0, 0.05) is 13.1 Å². The molecule has 0 fully saturated rings. The van der Waals surface area contributed by atoms with E-state index in [4.69, 9.17) is 0 Å². The number of carbonyl (C=O) groups excluding carboxylic acids is 1. The van der Waals surface area contributed by atoms with Gasteiger partial charge >= 0.3 is 0 Å². The molecular formula is C16H21N3OS2. The van der Waals surface area contributed by atoms with Crippen LogP contribution in [0.1, 0.15) is 29.5 Å². The lowest BCUT2D eigenvalue weighted by atomic mass is 10.1. The van der Waals surface area contributed by atoms with E-state index in [0.717, 1.165) is 22.3 Å². The molecular weight excluding hydrogens is 314 g/mol. The lowest BCUT2D eigenvalue weighted by molar-refractivity contribution is -0.129. The SMILES string of the molecule is CCCN(Cc1ccc(C)cc1)C(=O)CSc1nnc(C)s1. The lowest BCUT2D eigenvalue weighted by Crippen LogP contribution is -2.32. The summed E-state index contributed by atoms with van der Waals surface area (Å²) < 4.78 is 0.859. The predicted octanol–water partition coefficient (Wildman–Crippen LogP) is 3.69. The molecule has 0 saturated heterocycles. The fraction of sp³-hybridized carbons (Fsp3) is 0.438. The first-order valence-electron chi connectivity index (χ1n) is 7.34. The zero-order valence-corrected chi connectivity index (χ0v) is 14.8. The van der Waals surface area contributed by atoms with Crippen molar-refractivity contribution < 1.29 is 4.79 Å². The summed E-state index contributed by atoms with van der Waals surface area (Å²) in [6, 6.07) is 8.35. The molecule has 2 rings (SSSR count). The Kier molecular flexibility index (Phi) is 6.39. The van der Waals surface area contributed by atoms with Gasteiger partial charge in [-0.2, -0.15) is 0 Å². The van der Waals surface area contributed by atoms with Gasteiger partial charge in [0.05, 0.1) is 5.75 Å². The van der Waals surface area contributed by atoms with E-state index < -0.39 is 0 Å². The van der Waals surface area contributed by atoms with Crippen molar-refractivity contribution in [2.75, 3.05) is 12.3 Å². The molecule has 0 spiro atoms. The second-order valence-electron chi connectivity index (χ2n) is 5.18. The van der Waals surface area contributed by atoms with E-state index in [1.165, 1.54) is 34.2 Å². The van der Waals surface area contributed by atoms with Crippen molar-refractivity contribution in [3.63, 3.8) is 0 Å². The number of rotatable bonds is 7. The molecule has 1 amide bonds. The average Bonchev–Trinajstić information content (AvgIpc) is 2.92. The molecule has 1 aromatic carbocycles. The molecule has 22 heavy (non-hydrogen) atoms. The molecule has 6 heteroatoms. The summed E-state index contributed by atoms with van der Waals surface area (Å²) in [4.78, 5) is 14.4. The number of nitrogens with zero attached hydrogens (tertiary/aromatic N) is 3. The highest BCUT2D eigenvalue weighted by Gasteiger charge is 2.14. The second kappa shape index (κ2) is 8.29. The largest absolute Gasteiger partial charge is 0.338 e. The van der Waals surface area contributed by atoms with Gasteiger partial charge in [-0.3, -0.25) is 4.79 Å². The first-order valence-corrected chi connectivity index (χ1v) is 9.15. The maximum atomic E-state index is 12.4. The molecule has 1 aromatic heterocycles. The number of amides is 1. The molecule has 0 aliphatic rings. The van der Waals surface area contributed by atoms with Crippen LogP contribution >= 0.6 is 23.1 Å². The van der Waals surface area contributed by atoms with Crippen LogP contribution < -0.4 is 0 Å². The summed E-state index contributed by atoms with van der Waals surface area (Å²) >= 11 is 3.00. The van der Waals surface area contributed by atoms with E-state index in [9.17, 15) is 4.79 Å². The smallest absolute Gasteiger partial charge is 0.233 e. The van der Waals surface area contributed by atoms with Crippen LogP contribution in [0.5, 0.6) is 0 Å². The zero-order chi connectivity index (χ0) is 15.9. The van der Waals surface area contributed by atoms with Gasteiger partial charge in [-0.25, -0.2) is 0 Å². The van der Waals surface area contributed by atoms with Crippen molar-refractivity contribution in [3.05, 3.63) is 40.4 Å². The Balaban J connectivity index is 1.94. The number of carbonyl (C=O) groups is 1. The summed E-state index contributed by atoms with van der Waals surface area (Å²) in [5.41, 5.74) is 2.41. The van der Waals surface area contributed by atoms with Crippen LogP contribution in [0, 0.1) is 13.8 Å². The van der Waals surface area contributed by atoms with Gasteiger partial charge in [0.25, 0.3) is 0 Å². The van der Waals surface area contributed by atoms with Crippen LogP contribution in [-0.2, 0) is 11.3 Å². The molecule has 4 nitrogen and oxygen atoms in total. The van der Waals surface area contributed by atoms with Crippen molar-refractivity contribution in [1.29, 1.82) is 0 Å². The monoisotopic (exact) mass is 335 g/mol. The van der Waals surface area contributed by atoms with Crippen LogP contribution in [0.4, 0.5) is 0 Å². The van der Waals surface area contributed by atoms with Gasteiger partial charge in [-0.1, -0.05) is 59.9 Å². The summed E-state index contributed by atoms with van der Waals surface area (Å²) in [5.74, 6) is 0.570. The number of benzene rings is 1. The van der Waals surface area contributed by atoms with E-state index in [-0.39, 0.29) is 5.91 Å². The van der Waals surface area contributed by atoms with E-state index in [1.54, 1.807) is 0 Å². The number of hydrogen-bond donors (Lipinski definition) is 0. The highest BCUT2D eigenvalue weighted by Crippen LogP contribution is 2.22. The first-order chi connectivity index (χ1) is 10.6. The zero-order valence-electron chi connectivity index (χ0n) is 13.2. The van der Waals surface area contributed by atoms with Gasteiger partial charge < -0.3 is 4.90 Å². The van der Waals surface area contributed by atoms with Gasteiger partial charge in [0.2, 0.25) is 5.91 Å². The fourth-order valence-corrected chi connectivity index (χ4v) is 3.75. The normalized spacial score (nSPS) is 10.7. The summed E-state index contributed by atoms with van der Waals surface area (Å²) in [7, 11) is 0. The predicted molar refractivity (Wildman–Crippen MR) is 92.3 cm³/mol. The van der Waals surface area contributed by atoms with Crippen LogP contribution in [-0.4, -0.2) is 33.3 Å². The summed E-state index contributed by atoms with van der Waals surface area (Å²) in [5, 5.41) is 8.95. The third-order valence-electron chi connectivity index (χ3n) is 3.17. The Bertz CT molecular complexity index is 610. The van der Waals surface area contributed by atoms with Gasteiger partial charge in [0.1, 0.15) is 5.01 Å². The Hall–Kier alpha value is -1.40. The van der Waals surface area contributed by atoms with Crippen molar-refractivity contribution in [3.8, 4) is 0 Å². The Labute approximate surface area is 140 Å². The third-order valence-corrected chi connectivity index (χ3v) is 5.12. The minimum Gasteiger partial charge on any atom is -0.338 e. The molecule has 0 unspecified atom stereocenters. The number of aryl methyl sites for hydroxylation is 2. The summed E-state index contributed by atoms with van der Waals surface area (Å²) in [6.45, 7) is 7.53. The standard InChI is InChI=1S/C16H21N3OS2/c1-4-9-19(10-14-7-5-12(2)6-8-14)15(20)11-21-16-18-17-13(3)22-16/h5-8H,4,9-11H2,1-3H3. The maximum Gasteiger partial charge on any atom is 0.233 e. The van der Waals surface area contributed by atoms with Gasteiger partial charge in [-0.15, -0.1) is 10.2 Å². The molecule has 0 aliphatic carbocycles. The topological polar surface area (TPSA) is 46.1 Å². The van der Waals surface area contributed by atoms with Crippen molar-refractivity contribution in [2.45, 2.75) is 38.1 Å². The third kappa shape index (κ3) is 5.10. The van der Waals surface area contributed by atoms with Gasteiger partial charge in [-0.05, 0) is 25.8 Å². The molecule has 118 valence electrons. The molecule has 0 saturated carbocycles. The minimum atomic E-state index is 0.153. The van der Waals surface area contributed by atoms with Crippen LogP contribution in [0.15, 0.2) is 28.6 Å². The number of hydrogen-bond acceptors (Lipinski definition) is 5. The van der Waals surface area contributed by atoms with E-state index in [0.29, 0.717) is 12.3 Å². The van der Waals surface area contributed by atoms with E-state index in [2.05, 4.69) is 48.3 Å². The molecule has 0 atom stereocenters. The van der Waals surface area contributed by atoms with Crippen LogP contribution in [0.3, 0.4) is 0 Å². The molecule has 0 radical (unpaired) electrons. The quantitative estimate of drug-likeness (QED) is 0.724. The summed E-state index contributed by atoms with van der Waals surface area (Å²) in [6.07, 6.45) is 0.959. The molecule has 0 N–H and O–H groups in total. The van der Waals surface area contributed by atoms with Crippen molar-refractivity contribution >= 4 is 29.0 Å². The van der Waals surface area contributed by atoms with Crippen molar-refractivity contribution in [1.82, 2.24) is 15.1 Å². The Morgan fingerprint density at radius 1 is 1.23 bits per heavy atom. The molecule has 1 heterocycles. The maximum absolute atomic E-state index is 12.4. The Morgan fingerprint density at radius 3 is 2.55 bits per heavy atom. The van der Waals surface area contributed by atoms with Crippen LogP contribution in [0.2, 0.25) is 0 Å². The molecule has 0 aliphatic heterocycles. The van der Waals surface area contributed by atoms with Crippen molar-refractivity contribution in [2.24, 2.45) is 0 Å². The fourth-order valence-electron chi connectivity index (χ4n) is 2.03. The number of thioether (sulfide) groups is 1. The van der Waals surface area contributed by atoms with Gasteiger partial charge in [0.15, 0.2) is 4.34 Å². The second-order valence-corrected chi connectivity index (χ2v) is 7.58. The van der Waals surface area contributed by atoms with E-state index >= 15 is 0 Å². The van der Waals surface area contributed by atoms with E-state index in [1.807, 2.05) is 11.8 Å². The molecule has 2 aromatic rings. The lowest BCUT2D eigenvalue weighted by Gasteiger charge is -2.22. The highest BCUT2D eigenvalue weighted by molar-refractivity contribution is 8.01. The minimum absolute atomic E-state index is 0.153. The average molecular weight is 335 g/mol. The first kappa shape index (κ1) is 17.0. The van der Waals surface area contributed by atoms with Crippen LogP contribution in [0.25, 0.3) is 0 Å². The Morgan fingerprint density at radius 2 is 1.95 bits per heavy atom. The highest BCUT2D eigenvalue weighted by atomic mass is 32.2. The number of aromatic nitrogens is 2.